The van der Waals surface area contributed by atoms with Gasteiger partial charge in [-0.3, -0.25) is 4.90 Å². The van der Waals surface area contributed by atoms with Crippen LogP contribution in [0.2, 0.25) is 0 Å². The zero-order valence-corrected chi connectivity index (χ0v) is 23.5. The van der Waals surface area contributed by atoms with Gasteiger partial charge in [0.2, 0.25) is 11.9 Å². The number of fused-ring (bicyclic) bond motifs is 5. The second-order valence-corrected chi connectivity index (χ2v) is 12.1. The van der Waals surface area contributed by atoms with Crippen molar-refractivity contribution in [2.45, 2.75) is 69.6 Å². The summed E-state index contributed by atoms with van der Waals surface area (Å²) in [5, 5.41) is 17.2. The number of nitrogens with zero attached hydrogens (tertiary/aromatic N) is 6. The quantitative estimate of drug-likeness (QED) is 0.351. The van der Waals surface area contributed by atoms with E-state index in [4.69, 9.17) is 10.5 Å². The van der Waals surface area contributed by atoms with E-state index in [1.54, 1.807) is 4.68 Å². The minimum Gasteiger partial charge on any atom is -0.379 e. The van der Waals surface area contributed by atoms with Gasteiger partial charge in [-0.1, -0.05) is 30.3 Å². The Bertz CT molecular complexity index is 1620. The van der Waals surface area contributed by atoms with E-state index < -0.39 is 0 Å². The lowest BCUT2D eigenvalue weighted by Crippen LogP contribution is -2.47. The summed E-state index contributed by atoms with van der Waals surface area (Å²) in [7, 11) is 1.87. The molecule has 0 radical (unpaired) electrons. The summed E-state index contributed by atoms with van der Waals surface area (Å²) >= 11 is 0. The molecule has 4 heterocycles. The average molecular weight is 549 g/mol. The maximum absolute atomic E-state index is 6.32. The van der Waals surface area contributed by atoms with Crippen LogP contribution in [-0.4, -0.2) is 61.7 Å². The van der Waals surface area contributed by atoms with Crippen molar-refractivity contribution < 1.29 is 4.74 Å². The first-order valence-electron chi connectivity index (χ1n) is 15.0. The number of nitrogens with one attached hydrogen (secondary N) is 1. The lowest BCUT2D eigenvalue weighted by atomic mass is 9.82. The summed E-state index contributed by atoms with van der Waals surface area (Å²) in [6.07, 6.45) is 9.41. The Morgan fingerprint density at radius 2 is 1.78 bits per heavy atom. The highest BCUT2D eigenvalue weighted by atomic mass is 16.5. The molecule has 2 unspecified atom stereocenters. The van der Waals surface area contributed by atoms with Gasteiger partial charge >= 0.3 is 0 Å². The van der Waals surface area contributed by atoms with Crippen molar-refractivity contribution in [3.63, 3.8) is 0 Å². The second-order valence-electron chi connectivity index (χ2n) is 12.1. The Hall–Kier alpha value is -3.82. The molecule has 2 saturated heterocycles. The Morgan fingerprint density at radius 3 is 2.66 bits per heavy atom. The van der Waals surface area contributed by atoms with Crippen molar-refractivity contribution >= 4 is 17.6 Å². The van der Waals surface area contributed by atoms with E-state index in [1.165, 1.54) is 48.1 Å². The van der Waals surface area contributed by atoms with E-state index >= 15 is 0 Å². The number of benzene rings is 2. The van der Waals surface area contributed by atoms with Gasteiger partial charge in [0.15, 0.2) is 5.82 Å². The molecule has 3 aliphatic carbocycles. The van der Waals surface area contributed by atoms with Crippen molar-refractivity contribution in [3.8, 4) is 17.1 Å². The van der Waals surface area contributed by atoms with Gasteiger partial charge in [0.05, 0.1) is 11.8 Å². The molecular weight excluding hydrogens is 512 g/mol. The number of hydrogen-bond donors (Lipinski definition) is 2. The van der Waals surface area contributed by atoms with E-state index in [0.29, 0.717) is 30.0 Å². The summed E-state index contributed by atoms with van der Waals surface area (Å²) in [5.74, 6) is 2.06. The van der Waals surface area contributed by atoms with Crippen molar-refractivity contribution in [2.75, 3.05) is 24.7 Å². The third kappa shape index (κ3) is 4.30. The van der Waals surface area contributed by atoms with E-state index in [9.17, 15) is 0 Å². The molecule has 41 heavy (non-hydrogen) atoms. The Morgan fingerprint density at radius 1 is 0.927 bits per heavy atom. The summed E-state index contributed by atoms with van der Waals surface area (Å²) in [6.45, 7) is 1.20. The van der Waals surface area contributed by atoms with Crippen molar-refractivity contribution in [3.05, 3.63) is 70.8 Å². The normalized spacial score (nSPS) is 24.9. The molecule has 9 nitrogen and oxygen atoms in total. The SMILES string of the molecule is CO[C@@H]1C2CC1N([C@@H]1CCc3ccc(Nc4nc(N)n(-c5cc6c(nn5)-c5ccccc5CCC6)n4)cc3CC1)C2. The highest BCUT2D eigenvalue weighted by Gasteiger charge is 2.53. The van der Waals surface area contributed by atoms with Crippen LogP contribution in [0.1, 0.15) is 47.9 Å². The van der Waals surface area contributed by atoms with E-state index in [2.05, 4.69) is 79.0 Å². The lowest BCUT2D eigenvalue weighted by Gasteiger charge is -2.38. The summed E-state index contributed by atoms with van der Waals surface area (Å²) in [5.41, 5.74) is 14.8. The average Bonchev–Trinajstić information content (AvgIpc) is 3.59. The molecule has 4 atom stereocenters. The number of hydrogen-bond acceptors (Lipinski definition) is 8. The van der Waals surface area contributed by atoms with Crippen LogP contribution < -0.4 is 11.1 Å². The lowest BCUT2D eigenvalue weighted by molar-refractivity contribution is -0.0234. The molecular formula is C32H36N8O. The van der Waals surface area contributed by atoms with Crippen LogP contribution in [0.3, 0.4) is 0 Å². The van der Waals surface area contributed by atoms with Gasteiger partial charge in [-0.05, 0) is 91.8 Å². The van der Waals surface area contributed by atoms with E-state index in [1.807, 2.05) is 7.11 Å². The molecule has 210 valence electrons. The number of nitrogens with two attached hydrogens (primary N) is 1. The van der Waals surface area contributed by atoms with Crippen LogP contribution in [-0.2, 0) is 30.4 Å². The number of nitrogen functional groups attached to an aromatic ring is 1. The van der Waals surface area contributed by atoms with Crippen LogP contribution >= 0.6 is 0 Å². The largest absolute Gasteiger partial charge is 0.379 e. The van der Waals surface area contributed by atoms with Crippen LogP contribution in [0.15, 0.2) is 48.5 Å². The summed E-state index contributed by atoms with van der Waals surface area (Å²) < 4.78 is 7.34. The third-order valence-electron chi connectivity index (χ3n) is 9.83. The van der Waals surface area contributed by atoms with Crippen LogP contribution in [0.4, 0.5) is 17.6 Å². The molecule has 3 N–H and O–H groups in total. The molecule has 0 amide bonds. The van der Waals surface area contributed by atoms with Gasteiger partial charge in [-0.15, -0.1) is 15.3 Å². The number of anilines is 3. The number of rotatable bonds is 5. The van der Waals surface area contributed by atoms with Crippen LogP contribution in [0, 0.1) is 5.92 Å². The molecule has 2 aliphatic heterocycles. The zero-order valence-electron chi connectivity index (χ0n) is 23.5. The highest BCUT2D eigenvalue weighted by Crippen LogP contribution is 2.45. The fourth-order valence-corrected chi connectivity index (χ4v) is 7.73. The molecule has 5 aliphatic rings. The van der Waals surface area contributed by atoms with Gasteiger partial charge in [-0.2, -0.15) is 9.67 Å². The van der Waals surface area contributed by atoms with Crippen molar-refractivity contribution in [1.82, 2.24) is 29.9 Å². The van der Waals surface area contributed by atoms with Crippen LogP contribution in [0.25, 0.3) is 17.1 Å². The molecule has 0 spiro atoms. The highest BCUT2D eigenvalue weighted by molar-refractivity contribution is 5.68. The Kier molecular flexibility index (Phi) is 6.03. The molecule has 4 aromatic rings. The van der Waals surface area contributed by atoms with E-state index in [-0.39, 0.29) is 5.95 Å². The molecule has 2 bridgehead atoms. The number of ether oxygens (including phenoxy) is 1. The zero-order chi connectivity index (χ0) is 27.5. The fourth-order valence-electron chi connectivity index (χ4n) is 7.73. The molecule has 9 heteroatoms. The first kappa shape index (κ1) is 24.9. The topological polar surface area (TPSA) is 107 Å². The van der Waals surface area contributed by atoms with Crippen molar-refractivity contribution in [2.24, 2.45) is 5.92 Å². The van der Waals surface area contributed by atoms with Crippen molar-refractivity contribution in [1.29, 1.82) is 0 Å². The summed E-state index contributed by atoms with van der Waals surface area (Å²) in [6, 6.07) is 18.4. The van der Waals surface area contributed by atoms with Gasteiger partial charge < -0.3 is 15.8 Å². The van der Waals surface area contributed by atoms with Gasteiger partial charge in [-0.25, -0.2) is 0 Å². The second kappa shape index (κ2) is 9.92. The smallest absolute Gasteiger partial charge is 0.248 e. The predicted octanol–water partition coefficient (Wildman–Crippen LogP) is 4.51. The number of aryl methyl sites for hydroxylation is 4. The Balaban J connectivity index is 0.991. The van der Waals surface area contributed by atoms with E-state index in [0.717, 1.165) is 55.0 Å². The minimum atomic E-state index is 0.284. The molecule has 9 rings (SSSR count). The van der Waals surface area contributed by atoms with Crippen LogP contribution in [0.5, 0.6) is 0 Å². The number of aromatic nitrogens is 5. The minimum absolute atomic E-state index is 0.284. The first-order valence-corrected chi connectivity index (χ1v) is 15.0. The predicted molar refractivity (Wildman–Crippen MR) is 158 cm³/mol. The molecule has 1 saturated carbocycles. The van der Waals surface area contributed by atoms with Gasteiger partial charge in [0, 0.05) is 42.9 Å². The molecule has 2 aromatic carbocycles. The Labute approximate surface area is 240 Å². The standard InChI is InChI=1S/C32H36N8O/c1-41-30-23-16-27(30)39(18-23)25-13-10-19-9-12-24(15-21(19)11-14-25)34-32-35-31(33)40(38-32)28-17-22-7-4-6-20-5-2-3-8-26(20)29(22)37-36-28/h2-3,5,8-9,12,15,17,23,25,27,30H,4,6-7,10-11,13-14,16,18H2,1H3,(H3,33,34,35,38)/t23?,25-,27?,30-/m1/s1. The summed E-state index contributed by atoms with van der Waals surface area (Å²) in [4.78, 5) is 7.25. The van der Waals surface area contributed by atoms with Gasteiger partial charge in [0.1, 0.15) is 0 Å². The maximum atomic E-state index is 6.32. The molecule has 2 aromatic heterocycles. The fraction of sp³-hybridized carbons (Fsp3) is 0.438. The molecule has 3 fully saturated rings. The third-order valence-corrected chi connectivity index (χ3v) is 9.83. The first-order chi connectivity index (χ1) is 20.1. The monoisotopic (exact) mass is 548 g/mol. The number of methoxy groups -OCH3 is 1. The van der Waals surface area contributed by atoms with Gasteiger partial charge in [0.25, 0.3) is 0 Å². The maximum Gasteiger partial charge on any atom is 0.248 e.